The second kappa shape index (κ2) is 3.20. The molecule has 0 saturated carbocycles. The normalized spacial score (nSPS) is 11.4. The molecule has 1 rings (SSSR count). The second-order valence-corrected chi connectivity index (χ2v) is 2.98. The van der Waals surface area contributed by atoms with Crippen LogP contribution in [-0.4, -0.2) is 0 Å². The number of benzene rings is 1. The van der Waals surface area contributed by atoms with Crippen molar-refractivity contribution < 1.29 is 8.78 Å². The standard InChI is InChI=1S/C9H9F2NO/c1-6-3-4-7(9(2,10)11)5-8(6)12-13/h3-5H,1-2H3. The lowest BCUT2D eigenvalue weighted by molar-refractivity contribution is 0.0175. The summed E-state index contributed by atoms with van der Waals surface area (Å²) in [5.41, 5.74) is 0.481. The van der Waals surface area contributed by atoms with Crippen LogP contribution < -0.4 is 0 Å². The number of nitrogens with zero attached hydrogens (tertiary/aromatic N) is 1. The predicted molar refractivity (Wildman–Crippen MR) is 46.2 cm³/mol. The molecule has 0 radical (unpaired) electrons. The molecular weight excluding hydrogens is 176 g/mol. The second-order valence-electron chi connectivity index (χ2n) is 2.98. The Morgan fingerprint density at radius 2 is 2.00 bits per heavy atom. The summed E-state index contributed by atoms with van der Waals surface area (Å²) in [6, 6.07) is 3.87. The van der Waals surface area contributed by atoms with Crippen molar-refractivity contribution in [3.8, 4) is 0 Å². The van der Waals surface area contributed by atoms with Crippen molar-refractivity contribution in [2.75, 3.05) is 0 Å². The number of aryl methyl sites for hydroxylation is 1. The maximum absolute atomic E-state index is 12.8. The minimum Gasteiger partial charge on any atom is -0.202 e. The summed E-state index contributed by atoms with van der Waals surface area (Å²) in [5, 5.41) is 2.66. The van der Waals surface area contributed by atoms with Crippen LogP contribution in [0.25, 0.3) is 0 Å². The van der Waals surface area contributed by atoms with Crippen LogP contribution in [0.3, 0.4) is 0 Å². The average molecular weight is 185 g/mol. The summed E-state index contributed by atoms with van der Waals surface area (Å²) in [5.74, 6) is -2.92. The van der Waals surface area contributed by atoms with Crippen molar-refractivity contribution >= 4 is 5.69 Å². The fourth-order valence-electron chi connectivity index (χ4n) is 0.981. The molecular formula is C9H9F2NO. The highest BCUT2D eigenvalue weighted by atomic mass is 19.3. The summed E-state index contributed by atoms with van der Waals surface area (Å²) < 4.78 is 25.5. The number of hydrogen-bond acceptors (Lipinski definition) is 2. The summed E-state index contributed by atoms with van der Waals surface area (Å²) in [7, 11) is 0. The SMILES string of the molecule is Cc1ccc(C(C)(F)F)cc1N=O. The molecule has 2 nitrogen and oxygen atoms in total. The molecule has 0 spiro atoms. The fourth-order valence-corrected chi connectivity index (χ4v) is 0.981. The number of hydrogen-bond donors (Lipinski definition) is 0. The first-order chi connectivity index (χ1) is 5.95. The quantitative estimate of drug-likeness (QED) is 0.648. The summed E-state index contributed by atoms with van der Waals surface area (Å²) in [6.45, 7) is 2.43. The van der Waals surface area contributed by atoms with Gasteiger partial charge in [-0.3, -0.25) is 0 Å². The van der Waals surface area contributed by atoms with E-state index in [4.69, 9.17) is 0 Å². The van der Waals surface area contributed by atoms with Crippen LogP contribution in [0.1, 0.15) is 18.1 Å². The van der Waals surface area contributed by atoms with Crippen molar-refractivity contribution in [2.45, 2.75) is 19.8 Å². The topological polar surface area (TPSA) is 29.4 Å². The highest BCUT2D eigenvalue weighted by molar-refractivity contribution is 5.48. The molecule has 0 heterocycles. The van der Waals surface area contributed by atoms with Gasteiger partial charge in [-0.25, -0.2) is 8.78 Å². The molecule has 0 amide bonds. The van der Waals surface area contributed by atoms with Gasteiger partial charge in [-0.15, -0.1) is 4.91 Å². The summed E-state index contributed by atoms with van der Waals surface area (Å²) >= 11 is 0. The van der Waals surface area contributed by atoms with Gasteiger partial charge < -0.3 is 0 Å². The minimum atomic E-state index is -2.92. The van der Waals surface area contributed by atoms with E-state index in [1.54, 1.807) is 6.92 Å². The van der Waals surface area contributed by atoms with Crippen LogP contribution in [-0.2, 0) is 5.92 Å². The van der Waals surface area contributed by atoms with Gasteiger partial charge in [-0.1, -0.05) is 12.1 Å². The molecule has 1 aromatic rings. The number of nitroso groups, excluding NO2 is 1. The van der Waals surface area contributed by atoms with E-state index >= 15 is 0 Å². The molecule has 0 aliphatic carbocycles. The van der Waals surface area contributed by atoms with E-state index < -0.39 is 5.92 Å². The van der Waals surface area contributed by atoms with Crippen LogP contribution in [0.15, 0.2) is 23.4 Å². The fraction of sp³-hybridized carbons (Fsp3) is 0.333. The highest BCUT2D eigenvalue weighted by Gasteiger charge is 2.24. The Morgan fingerprint density at radius 3 is 2.46 bits per heavy atom. The lowest BCUT2D eigenvalue weighted by atomic mass is 10.1. The van der Waals surface area contributed by atoms with Gasteiger partial charge in [0.15, 0.2) is 0 Å². The van der Waals surface area contributed by atoms with Crippen LogP contribution in [0, 0.1) is 11.8 Å². The average Bonchev–Trinajstić information content (AvgIpc) is 2.03. The predicted octanol–water partition coefficient (Wildman–Crippen LogP) is 3.50. The maximum Gasteiger partial charge on any atom is 0.270 e. The van der Waals surface area contributed by atoms with Crippen LogP contribution in [0.5, 0.6) is 0 Å². The van der Waals surface area contributed by atoms with Gasteiger partial charge in [0.1, 0.15) is 5.69 Å². The Labute approximate surface area is 74.6 Å². The first kappa shape index (κ1) is 9.77. The molecule has 1 aromatic carbocycles. The Bertz CT molecular complexity index is 331. The van der Waals surface area contributed by atoms with Crippen LogP contribution in [0.2, 0.25) is 0 Å². The molecule has 0 atom stereocenters. The minimum absolute atomic E-state index is 0.0685. The molecule has 13 heavy (non-hydrogen) atoms. The molecule has 0 aliphatic heterocycles. The Hall–Kier alpha value is -1.32. The molecule has 0 fully saturated rings. The number of rotatable bonds is 2. The first-order valence-electron chi connectivity index (χ1n) is 3.77. The molecule has 0 aliphatic rings. The van der Waals surface area contributed by atoms with Gasteiger partial charge in [-0.2, -0.15) is 0 Å². The lowest BCUT2D eigenvalue weighted by Gasteiger charge is -2.10. The smallest absolute Gasteiger partial charge is 0.202 e. The van der Waals surface area contributed by atoms with Gasteiger partial charge in [0.2, 0.25) is 0 Å². The number of halogens is 2. The molecule has 0 aromatic heterocycles. The van der Waals surface area contributed by atoms with Gasteiger partial charge in [-0.05, 0) is 23.7 Å². The van der Waals surface area contributed by atoms with Gasteiger partial charge in [0.25, 0.3) is 5.92 Å². The zero-order chi connectivity index (χ0) is 10.1. The third-order valence-corrected chi connectivity index (χ3v) is 1.81. The summed E-state index contributed by atoms with van der Waals surface area (Å²) in [4.78, 5) is 10.2. The van der Waals surface area contributed by atoms with E-state index in [2.05, 4.69) is 5.18 Å². The Morgan fingerprint density at radius 1 is 1.38 bits per heavy atom. The van der Waals surface area contributed by atoms with Crippen molar-refractivity contribution in [1.82, 2.24) is 0 Å². The monoisotopic (exact) mass is 185 g/mol. The molecule has 0 unspecified atom stereocenters. The highest BCUT2D eigenvalue weighted by Crippen LogP contribution is 2.31. The van der Waals surface area contributed by atoms with Gasteiger partial charge >= 0.3 is 0 Å². The zero-order valence-corrected chi connectivity index (χ0v) is 7.34. The molecule has 70 valence electrons. The van der Waals surface area contributed by atoms with Crippen molar-refractivity contribution in [3.63, 3.8) is 0 Å². The third-order valence-electron chi connectivity index (χ3n) is 1.81. The lowest BCUT2D eigenvalue weighted by Crippen LogP contribution is -2.06. The first-order valence-corrected chi connectivity index (χ1v) is 3.77. The maximum atomic E-state index is 12.8. The molecule has 0 N–H and O–H groups in total. The van der Waals surface area contributed by atoms with Crippen LogP contribution >= 0.6 is 0 Å². The Kier molecular flexibility index (Phi) is 2.40. The van der Waals surface area contributed by atoms with Crippen molar-refractivity contribution in [2.24, 2.45) is 5.18 Å². The van der Waals surface area contributed by atoms with E-state index in [1.807, 2.05) is 0 Å². The van der Waals surface area contributed by atoms with Gasteiger partial charge in [0.05, 0.1) is 0 Å². The van der Waals surface area contributed by atoms with Crippen molar-refractivity contribution in [1.29, 1.82) is 0 Å². The number of alkyl halides is 2. The molecule has 0 saturated heterocycles. The van der Waals surface area contributed by atoms with Crippen LogP contribution in [0.4, 0.5) is 14.5 Å². The van der Waals surface area contributed by atoms with E-state index in [9.17, 15) is 13.7 Å². The largest absolute Gasteiger partial charge is 0.270 e. The zero-order valence-electron chi connectivity index (χ0n) is 7.34. The van der Waals surface area contributed by atoms with E-state index in [1.165, 1.54) is 12.1 Å². The third kappa shape index (κ3) is 2.08. The Balaban J connectivity index is 3.21. The van der Waals surface area contributed by atoms with Crippen molar-refractivity contribution in [3.05, 3.63) is 34.2 Å². The molecule has 4 heteroatoms. The summed E-state index contributed by atoms with van der Waals surface area (Å²) in [6.07, 6.45) is 0. The van der Waals surface area contributed by atoms with Gasteiger partial charge in [0, 0.05) is 12.5 Å². The van der Waals surface area contributed by atoms with E-state index in [0.717, 1.165) is 13.0 Å². The van der Waals surface area contributed by atoms with E-state index in [-0.39, 0.29) is 11.3 Å². The van der Waals surface area contributed by atoms with E-state index in [0.29, 0.717) is 5.56 Å². The molecule has 0 bridgehead atoms.